The third kappa shape index (κ3) is 4.01. The number of benzene rings is 2. The second-order valence-corrected chi connectivity index (χ2v) is 9.62. The number of aromatic nitrogens is 1. The van der Waals surface area contributed by atoms with Gasteiger partial charge in [-0.25, -0.2) is 4.98 Å². The first kappa shape index (κ1) is 18.8. The molecule has 0 aliphatic rings. The first-order chi connectivity index (χ1) is 13.4. The highest BCUT2D eigenvalue weighted by Crippen LogP contribution is 2.31. The zero-order valence-electron chi connectivity index (χ0n) is 16.2. The Balaban J connectivity index is 1.54. The van der Waals surface area contributed by atoms with Crippen molar-refractivity contribution in [3.63, 3.8) is 0 Å². The van der Waals surface area contributed by atoms with Gasteiger partial charge in [0.2, 0.25) is 5.91 Å². The van der Waals surface area contributed by atoms with Crippen LogP contribution in [-0.4, -0.2) is 10.9 Å². The van der Waals surface area contributed by atoms with Gasteiger partial charge < -0.3 is 5.32 Å². The molecule has 0 saturated carbocycles. The van der Waals surface area contributed by atoms with Crippen LogP contribution in [0.1, 0.15) is 32.0 Å². The van der Waals surface area contributed by atoms with Crippen molar-refractivity contribution in [2.75, 3.05) is 5.32 Å². The Bertz CT molecular complexity index is 1120. The number of thiophene rings is 1. The van der Waals surface area contributed by atoms with Crippen molar-refractivity contribution in [2.45, 2.75) is 32.6 Å². The molecule has 2 aromatic carbocycles. The number of thiazole rings is 1. The predicted molar refractivity (Wildman–Crippen MR) is 120 cm³/mol. The van der Waals surface area contributed by atoms with Crippen LogP contribution >= 0.6 is 22.7 Å². The summed E-state index contributed by atoms with van der Waals surface area (Å²) in [5.41, 5.74) is 4.40. The van der Waals surface area contributed by atoms with Gasteiger partial charge in [0.1, 0.15) is 0 Å². The number of rotatable bonds is 4. The van der Waals surface area contributed by atoms with E-state index in [1.165, 1.54) is 27.2 Å². The van der Waals surface area contributed by atoms with Crippen molar-refractivity contribution in [1.29, 1.82) is 0 Å². The zero-order chi connectivity index (χ0) is 19.7. The molecular weight excluding hydrogens is 384 g/mol. The van der Waals surface area contributed by atoms with Crippen molar-refractivity contribution in [1.82, 2.24) is 4.98 Å². The first-order valence-corrected chi connectivity index (χ1v) is 11.0. The maximum atomic E-state index is 12.6. The summed E-state index contributed by atoms with van der Waals surface area (Å²) in [5.74, 6) is -0.0281. The van der Waals surface area contributed by atoms with Crippen molar-refractivity contribution in [3.05, 3.63) is 70.5 Å². The van der Waals surface area contributed by atoms with E-state index >= 15 is 0 Å². The fraction of sp³-hybridized carbons (Fsp3) is 0.217. The summed E-state index contributed by atoms with van der Waals surface area (Å²) >= 11 is 3.16. The quantitative estimate of drug-likeness (QED) is 0.420. The molecule has 142 valence electrons. The van der Waals surface area contributed by atoms with E-state index in [2.05, 4.69) is 66.8 Å². The number of nitrogens with zero attached hydrogens (tertiary/aromatic N) is 1. The SMILES string of the molecule is CC(C)(C)c1csc(NC(=O)Cc2csc3ccc(-c4ccccc4)cc23)n1. The Labute approximate surface area is 173 Å². The molecule has 0 bridgehead atoms. The van der Waals surface area contributed by atoms with Crippen LogP contribution in [0.4, 0.5) is 5.13 Å². The van der Waals surface area contributed by atoms with Crippen molar-refractivity contribution >= 4 is 43.8 Å². The zero-order valence-corrected chi connectivity index (χ0v) is 17.8. The molecule has 28 heavy (non-hydrogen) atoms. The monoisotopic (exact) mass is 406 g/mol. The highest BCUT2D eigenvalue weighted by molar-refractivity contribution is 7.17. The van der Waals surface area contributed by atoms with Crippen molar-refractivity contribution < 1.29 is 4.79 Å². The number of amides is 1. The number of nitrogens with one attached hydrogen (secondary N) is 1. The topological polar surface area (TPSA) is 42.0 Å². The molecule has 0 radical (unpaired) electrons. The summed E-state index contributed by atoms with van der Waals surface area (Å²) in [6.45, 7) is 6.36. The number of anilines is 1. The molecule has 4 rings (SSSR count). The average Bonchev–Trinajstić information content (AvgIpc) is 3.29. The lowest BCUT2D eigenvalue weighted by atomic mass is 9.93. The maximum Gasteiger partial charge on any atom is 0.230 e. The molecule has 0 aliphatic heterocycles. The summed E-state index contributed by atoms with van der Waals surface area (Å²) in [7, 11) is 0. The molecule has 0 aliphatic carbocycles. The largest absolute Gasteiger partial charge is 0.302 e. The Morgan fingerprint density at radius 2 is 1.79 bits per heavy atom. The number of fused-ring (bicyclic) bond motifs is 1. The average molecular weight is 407 g/mol. The van der Waals surface area contributed by atoms with Gasteiger partial charge in [0.25, 0.3) is 0 Å². The minimum Gasteiger partial charge on any atom is -0.302 e. The molecule has 0 atom stereocenters. The second kappa shape index (κ2) is 7.49. The first-order valence-electron chi connectivity index (χ1n) is 9.21. The van der Waals surface area contributed by atoms with Crippen LogP contribution in [0.25, 0.3) is 21.2 Å². The van der Waals surface area contributed by atoms with Gasteiger partial charge in [0, 0.05) is 15.5 Å². The summed E-state index contributed by atoms with van der Waals surface area (Å²) in [4.78, 5) is 17.2. The molecular formula is C23H22N2OS2. The molecule has 0 fully saturated rings. The highest BCUT2D eigenvalue weighted by Gasteiger charge is 2.18. The van der Waals surface area contributed by atoms with E-state index in [9.17, 15) is 4.79 Å². The molecule has 0 unspecified atom stereocenters. The smallest absolute Gasteiger partial charge is 0.230 e. The van der Waals surface area contributed by atoms with Crippen LogP contribution in [-0.2, 0) is 16.6 Å². The molecule has 4 aromatic rings. The number of hydrogen-bond acceptors (Lipinski definition) is 4. The maximum absolute atomic E-state index is 12.6. The van der Waals surface area contributed by atoms with Crippen LogP contribution in [0.2, 0.25) is 0 Å². The minimum atomic E-state index is -0.0281. The Morgan fingerprint density at radius 1 is 1.00 bits per heavy atom. The van der Waals surface area contributed by atoms with Gasteiger partial charge in [-0.3, -0.25) is 4.79 Å². The third-order valence-corrected chi connectivity index (χ3v) is 6.40. The highest BCUT2D eigenvalue weighted by atomic mass is 32.1. The van der Waals surface area contributed by atoms with E-state index in [1.807, 2.05) is 23.6 Å². The van der Waals surface area contributed by atoms with Crippen LogP contribution in [0.3, 0.4) is 0 Å². The van der Waals surface area contributed by atoms with Crippen LogP contribution < -0.4 is 5.32 Å². The Morgan fingerprint density at radius 3 is 2.50 bits per heavy atom. The lowest BCUT2D eigenvalue weighted by Gasteiger charge is -2.14. The van der Waals surface area contributed by atoms with Crippen molar-refractivity contribution in [3.8, 4) is 11.1 Å². The van der Waals surface area contributed by atoms with Gasteiger partial charge in [0.05, 0.1) is 12.1 Å². The minimum absolute atomic E-state index is 0.0170. The van der Waals surface area contributed by atoms with E-state index in [0.717, 1.165) is 16.6 Å². The Hall–Kier alpha value is -2.50. The van der Waals surface area contributed by atoms with Crippen LogP contribution in [0.15, 0.2) is 59.3 Å². The molecule has 1 amide bonds. The molecule has 0 spiro atoms. The lowest BCUT2D eigenvalue weighted by Crippen LogP contribution is -2.15. The lowest BCUT2D eigenvalue weighted by molar-refractivity contribution is -0.115. The van der Waals surface area contributed by atoms with Gasteiger partial charge in [-0.05, 0) is 39.6 Å². The molecule has 0 saturated heterocycles. The van der Waals surface area contributed by atoms with Gasteiger partial charge in [0.15, 0.2) is 5.13 Å². The number of hydrogen-bond donors (Lipinski definition) is 1. The van der Waals surface area contributed by atoms with Crippen LogP contribution in [0.5, 0.6) is 0 Å². The number of carbonyl (C=O) groups is 1. The van der Waals surface area contributed by atoms with Gasteiger partial charge in [-0.15, -0.1) is 22.7 Å². The number of carbonyl (C=O) groups excluding carboxylic acids is 1. The van der Waals surface area contributed by atoms with E-state index in [-0.39, 0.29) is 11.3 Å². The fourth-order valence-electron chi connectivity index (χ4n) is 3.04. The predicted octanol–water partition coefficient (Wildman–Crippen LogP) is 6.50. The van der Waals surface area contributed by atoms with E-state index < -0.39 is 0 Å². The van der Waals surface area contributed by atoms with Gasteiger partial charge in [-0.1, -0.05) is 57.2 Å². The summed E-state index contributed by atoms with van der Waals surface area (Å²) < 4.78 is 1.20. The van der Waals surface area contributed by atoms with Gasteiger partial charge >= 0.3 is 0 Å². The normalized spacial score (nSPS) is 11.7. The van der Waals surface area contributed by atoms with E-state index in [1.54, 1.807) is 11.3 Å². The standard InChI is InChI=1S/C23H22N2OS2/c1-23(2,3)20-14-28-22(24-20)25-21(26)12-17-13-27-19-10-9-16(11-18(17)19)15-7-5-4-6-8-15/h4-11,13-14H,12H2,1-3H3,(H,24,25,26). The van der Waals surface area contributed by atoms with Crippen LogP contribution in [0, 0.1) is 0 Å². The Kier molecular flexibility index (Phi) is 5.04. The molecule has 2 aromatic heterocycles. The summed E-state index contributed by atoms with van der Waals surface area (Å²) in [6.07, 6.45) is 0.350. The van der Waals surface area contributed by atoms with Gasteiger partial charge in [-0.2, -0.15) is 0 Å². The molecule has 3 nitrogen and oxygen atoms in total. The van der Waals surface area contributed by atoms with E-state index in [0.29, 0.717) is 11.6 Å². The third-order valence-electron chi connectivity index (χ3n) is 4.63. The summed E-state index contributed by atoms with van der Waals surface area (Å²) in [5, 5.41) is 8.87. The summed E-state index contributed by atoms with van der Waals surface area (Å²) in [6, 6.07) is 16.8. The van der Waals surface area contributed by atoms with E-state index in [4.69, 9.17) is 0 Å². The molecule has 5 heteroatoms. The molecule has 1 N–H and O–H groups in total. The second-order valence-electron chi connectivity index (χ2n) is 7.85. The molecule has 2 heterocycles. The fourth-order valence-corrected chi connectivity index (χ4v) is 4.94. The van der Waals surface area contributed by atoms with Crippen molar-refractivity contribution in [2.24, 2.45) is 0 Å².